The molecule has 1 saturated carbocycles. The van der Waals surface area contributed by atoms with Crippen LogP contribution >= 0.6 is 0 Å². The zero-order chi connectivity index (χ0) is 13.0. The van der Waals surface area contributed by atoms with Crippen molar-refractivity contribution in [2.24, 2.45) is 5.92 Å². The molecule has 0 radical (unpaired) electrons. The summed E-state index contributed by atoms with van der Waals surface area (Å²) in [7, 11) is 0. The lowest BCUT2D eigenvalue weighted by molar-refractivity contribution is -0.144. The number of carboxylic acids is 1. The van der Waals surface area contributed by atoms with Gasteiger partial charge in [-0.25, -0.2) is 0 Å². The van der Waals surface area contributed by atoms with Gasteiger partial charge in [0.15, 0.2) is 0 Å². The van der Waals surface area contributed by atoms with Gasteiger partial charge in [0.1, 0.15) is 6.54 Å². The number of aromatic nitrogens is 2. The number of aryl methyl sites for hydroxylation is 1. The van der Waals surface area contributed by atoms with E-state index in [1.807, 2.05) is 0 Å². The van der Waals surface area contributed by atoms with Gasteiger partial charge in [0.2, 0.25) is 5.91 Å². The van der Waals surface area contributed by atoms with Gasteiger partial charge >= 0.3 is 5.97 Å². The van der Waals surface area contributed by atoms with Crippen molar-refractivity contribution in [2.75, 3.05) is 13.1 Å². The van der Waals surface area contributed by atoms with Gasteiger partial charge in [0.25, 0.3) is 0 Å². The molecular formula is C12H17N3O3. The van der Waals surface area contributed by atoms with E-state index < -0.39 is 5.97 Å². The summed E-state index contributed by atoms with van der Waals surface area (Å²) >= 11 is 0. The van der Waals surface area contributed by atoms with E-state index in [2.05, 4.69) is 5.10 Å². The number of aliphatic carboxylic acids is 1. The molecule has 0 unspecified atom stereocenters. The Bertz CT molecular complexity index is 412. The van der Waals surface area contributed by atoms with E-state index in [1.54, 1.807) is 23.1 Å². The molecule has 1 N–H and O–H groups in total. The maximum absolute atomic E-state index is 12.0. The van der Waals surface area contributed by atoms with Gasteiger partial charge in [-0.05, 0) is 24.8 Å². The predicted molar refractivity (Wildman–Crippen MR) is 63.8 cm³/mol. The molecule has 0 aromatic carbocycles. The number of nitrogens with zero attached hydrogens (tertiary/aromatic N) is 3. The quantitative estimate of drug-likeness (QED) is 0.769. The van der Waals surface area contributed by atoms with Gasteiger partial charge in [-0.15, -0.1) is 0 Å². The largest absolute Gasteiger partial charge is 0.480 e. The second-order valence-electron chi connectivity index (χ2n) is 4.63. The van der Waals surface area contributed by atoms with E-state index in [0.717, 1.165) is 12.8 Å². The summed E-state index contributed by atoms with van der Waals surface area (Å²) in [4.78, 5) is 24.1. The molecule has 1 aliphatic rings. The monoisotopic (exact) mass is 251 g/mol. The molecule has 0 saturated heterocycles. The third kappa shape index (κ3) is 3.87. The molecule has 1 aromatic heterocycles. The van der Waals surface area contributed by atoms with Crippen LogP contribution in [0.5, 0.6) is 0 Å². The Kier molecular flexibility index (Phi) is 3.96. The molecule has 1 aliphatic carbocycles. The van der Waals surface area contributed by atoms with E-state index in [-0.39, 0.29) is 12.5 Å². The fourth-order valence-electron chi connectivity index (χ4n) is 1.83. The van der Waals surface area contributed by atoms with E-state index in [9.17, 15) is 9.59 Å². The van der Waals surface area contributed by atoms with E-state index >= 15 is 0 Å². The van der Waals surface area contributed by atoms with Crippen LogP contribution in [0.15, 0.2) is 18.5 Å². The first-order valence-electron chi connectivity index (χ1n) is 6.12. The van der Waals surface area contributed by atoms with Gasteiger partial charge in [0, 0.05) is 31.9 Å². The van der Waals surface area contributed by atoms with Crippen LogP contribution in [-0.4, -0.2) is 44.8 Å². The summed E-state index contributed by atoms with van der Waals surface area (Å²) < 4.78 is 1.67. The highest BCUT2D eigenvalue weighted by atomic mass is 16.4. The van der Waals surface area contributed by atoms with E-state index in [0.29, 0.717) is 25.4 Å². The first-order chi connectivity index (χ1) is 8.65. The van der Waals surface area contributed by atoms with Crippen LogP contribution in [0, 0.1) is 5.92 Å². The van der Waals surface area contributed by atoms with Crippen LogP contribution in [0.2, 0.25) is 0 Å². The number of amides is 1. The molecule has 0 bridgehead atoms. The highest BCUT2D eigenvalue weighted by Crippen LogP contribution is 2.29. The van der Waals surface area contributed by atoms with Gasteiger partial charge in [0.05, 0.1) is 0 Å². The van der Waals surface area contributed by atoms with Gasteiger partial charge < -0.3 is 10.0 Å². The molecule has 0 aliphatic heterocycles. The summed E-state index contributed by atoms with van der Waals surface area (Å²) in [6.45, 7) is 0.866. The molecule has 0 atom stereocenters. The minimum atomic E-state index is -0.955. The molecular weight excluding hydrogens is 234 g/mol. The average Bonchev–Trinajstić information content (AvgIpc) is 2.98. The molecule has 2 rings (SSSR count). The predicted octanol–water partition coefficient (Wildman–Crippen LogP) is 0.596. The Balaban J connectivity index is 1.83. The Labute approximate surface area is 105 Å². The number of carboxylic acid groups (broad SMARTS) is 1. The molecule has 1 amide bonds. The molecule has 1 heterocycles. The number of carbonyl (C=O) groups is 2. The van der Waals surface area contributed by atoms with Crippen molar-refractivity contribution in [3.63, 3.8) is 0 Å². The summed E-state index contributed by atoms with van der Waals surface area (Å²) in [6, 6.07) is 1.80. The Morgan fingerprint density at radius 1 is 1.44 bits per heavy atom. The molecule has 1 aromatic rings. The number of rotatable bonds is 7. The van der Waals surface area contributed by atoms with Crippen molar-refractivity contribution in [3.8, 4) is 0 Å². The normalized spacial score (nSPS) is 14.4. The Morgan fingerprint density at radius 2 is 2.22 bits per heavy atom. The number of hydrogen-bond donors (Lipinski definition) is 1. The first-order valence-corrected chi connectivity index (χ1v) is 6.12. The lowest BCUT2D eigenvalue weighted by Crippen LogP contribution is -2.37. The molecule has 0 spiro atoms. The summed E-state index contributed by atoms with van der Waals surface area (Å²) in [5.74, 6) is -0.569. The second kappa shape index (κ2) is 5.66. The third-order valence-electron chi connectivity index (χ3n) is 2.97. The van der Waals surface area contributed by atoms with Crippen LogP contribution in [0.3, 0.4) is 0 Å². The fraction of sp³-hybridized carbons (Fsp3) is 0.583. The van der Waals surface area contributed by atoms with Gasteiger partial charge in [-0.1, -0.05) is 0 Å². The van der Waals surface area contributed by atoms with Gasteiger partial charge in [-0.2, -0.15) is 5.10 Å². The highest BCUT2D eigenvalue weighted by Gasteiger charge is 2.27. The maximum atomic E-state index is 12.0. The minimum Gasteiger partial charge on any atom is -0.480 e. The van der Waals surface area contributed by atoms with E-state index in [1.165, 1.54) is 4.90 Å². The van der Waals surface area contributed by atoms with E-state index in [4.69, 9.17) is 5.11 Å². The Hall–Kier alpha value is -1.85. The molecule has 6 heteroatoms. The average molecular weight is 251 g/mol. The molecule has 6 nitrogen and oxygen atoms in total. The lowest BCUT2D eigenvalue weighted by atomic mass is 10.3. The van der Waals surface area contributed by atoms with Crippen molar-refractivity contribution in [3.05, 3.63) is 18.5 Å². The van der Waals surface area contributed by atoms with Crippen LogP contribution < -0.4 is 0 Å². The van der Waals surface area contributed by atoms with Crippen molar-refractivity contribution in [1.82, 2.24) is 14.7 Å². The zero-order valence-electron chi connectivity index (χ0n) is 10.2. The topological polar surface area (TPSA) is 75.4 Å². The highest BCUT2D eigenvalue weighted by molar-refractivity contribution is 5.81. The third-order valence-corrected chi connectivity index (χ3v) is 2.97. The van der Waals surface area contributed by atoms with Crippen LogP contribution in [0.4, 0.5) is 0 Å². The molecule has 1 fully saturated rings. The minimum absolute atomic E-state index is 0.111. The summed E-state index contributed by atoms with van der Waals surface area (Å²) in [5.41, 5.74) is 0. The fourth-order valence-corrected chi connectivity index (χ4v) is 1.83. The smallest absolute Gasteiger partial charge is 0.323 e. The van der Waals surface area contributed by atoms with Crippen LogP contribution in [0.25, 0.3) is 0 Å². The number of hydrogen-bond acceptors (Lipinski definition) is 3. The summed E-state index contributed by atoms with van der Waals surface area (Å²) in [6.07, 6.45) is 5.94. The second-order valence-corrected chi connectivity index (χ2v) is 4.63. The lowest BCUT2D eigenvalue weighted by Gasteiger charge is -2.20. The van der Waals surface area contributed by atoms with Crippen molar-refractivity contribution >= 4 is 11.9 Å². The van der Waals surface area contributed by atoms with Gasteiger partial charge in [-0.3, -0.25) is 14.3 Å². The summed E-state index contributed by atoms with van der Waals surface area (Å²) in [5, 5.41) is 12.8. The van der Waals surface area contributed by atoms with Crippen molar-refractivity contribution in [1.29, 1.82) is 0 Å². The van der Waals surface area contributed by atoms with Crippen LogP contribution in [0.1, 0.15) is 19.3 Å². The molecule has 18 heavy (non-hydrogen) atoms. The van der Waals surface area contributed by atoms with Crippen molar-refractivity contribution < 1.29 is 14.7 Å². The number of carbonyl (C=O) groups excluding carboxylic acids is 1. The maximum Gasteiger partial charge on any atom is 0.323 e. The first kappa shape index (κ1) is 12.6. The standard InChI is InChI=1S/C12H17N3O3/c16-11(4-7-15-6-1-5-13-15)14(9-12(17)18)8-10-2-3-10/h1,5-6,10H,2-4,7-9H2,(H,17,18). The molecule has 98 valence electrons. The SMILES string of the molecule is O=C(O)CN(CC1CC1)C(=O)CCn1cccn1. The van der Waals surface area contributed by atoms with Crippen molar-refractivity contribution in [2.45, 2.75) is 25.8 Å². The van der Waals surface area contributed by atoms with Crippen LogP contribution in [-0.2, 0) is 16.1 Å². The Morgan fingerprint density at radius 3 is 2.78 bits per heavy atom. The zero-order valence-corrected chi connectivity index (χ0v) is 10.2.